The molecule has 0 radical (unpaired) electrons. The van der Waals surface area contributed by atoms with Gasteiger partial charge in [0.15, 0.2) is 5.65 Å². The zero-order valence-electron chi connectivity index (χ0n) is 16.2. The number of carbonyl (C=O) groups is 1. The standard InChI is InChI=1S/C21H17F2N7O/c22-14-3-4-18(25-11-14)27-21(31)16-12-26-30-7-5-19(28-20(16)30)29-6-1-2-17(29)13-8-15(23)10-24-9-13/h3-5,7-12,17H,1-2,6H2,(H,25,27,31)/t17-/m1/s1. The van der Waals surface area contributed by atoms with Gasteiger partial charge in [-0.15, -0.1) is 0 Å². The number of rotatable bonds is 4. The number of pyridine rings is 2. The van der Waals surface area contributed by atoms with Crippen molar-refractivity contribution in [2.45, 2.75) is 18.9 Å². The molecule has 0 aliphatic carbocycles. The van der Waals surface area contributed by atoms with Crippen molar-refractivity contribution < 1.29 is 13.6 Å². The van der Waals surface area contributed by atoms with Crippen LogP contribution in [0.1, 0.15) is 34.8 Å². The minimum atomic E-state index is -0.492. The molecule has 0 unspecified atom stereocenters. The van der Waals surface area contributed by atoms with Gasteiger partial charge in [-0.05, 0) is 42.7 Å². The Labute approximate surface area is 175 Å². The molecule has 4 aromatic rings. The number of fused-ring (bicyclic) bond motifs is 1. The first-order valence-electron chi connectivity index (χ1n) is 9.73. The predicted molar refractivity (Wildman–Crippen MR) is 109 cm³/mol. The third-order valence-electron chi connectivity index (χ3n) is 5.23. The maximum absolute atomic E-state index is 13.7. The number of halogens is 2. The third-order valence-corrected chi connectivity index (χ3v) is 5.23. The topological polar surface area (TPSA) is 88.3 Å². The molecule has 5 rings (SSSR count). The second-order valence-electron chi connectivity index (χ2n) is 7.22. The van der Waals surface area contributed by atoms with Gasteiger partial charge in [0.1, 0.15) is 28.8 Å². The van der Waals surface area contributed by atoms with Crippen molar-refractivity contribution in [2.75, 3.05) is 16.8 Å². The first-order chi connectivity index (χ1) is 15.1. The molecule has 0 saturated carbocycles. The summed E-state index contributed by atoms with van der Waals surface area (Å²) in [6.45, 7) is 0.750. The van der Waals surface area contributed by atoms with Crippen LogP contribution in [0.4, 0.5) is 20.4 Å². The Morgan fingerprint density at radius 1 is 1.10 bits per heavy atom. The van der Waals surface area contributed by atoms with E-state index in [0.29, 0.717) is 11.5 Å². The largest absolute Gasteiger partial charge is 0.349 e. The summed E-state index contributed by atoms with van der Waals surface area (Å²) >= 11 is 0. The van der Waals surface area contributed by atoms with Crippen LogP contribution in [0.5, 0.6) is 0 Å². The lowest BCUT2D eigenvalue weighted by molar-refractivity contribution is 0.102. The van der Waals surface area contributed by atoms with Gasteiger partial charge in [-0.25, -0.2) is 23.3 Å². The molecular formula is C21H17F2N7O. The van der Waals surface area contributed by atoms with Crippen LogP contribution in [0.15, 0.2) is 55.2 Å². The number of hydrogen-bond donors (Lipinski definition) is 1. The van der Waals surface area contributed by atoms with E-state index in [2.05, 4.69) is 30.3 Å². The Morgan fingerprint density at radius 3 is 2.81 bits per heavy atom. The molecule has 1 saturated heterocycles. The third kappa shape index (κ3) is 3.67. The quantitative estimate of drug-likeness (QED) is 0.544. The lowest BCUT2D eigenvalue weighted by Gasteiger charge is -2.26. The number of hydrogen-bond acceptors (Lipinski definition) is 6. The van der Waals surface area contributed by atoms with E-state index in [1.54, 1.807) is 12.4 Å². The Bertz CT molecular complexity index is 1260. The van der Waals surface area contributed by atoms with Gasteiger partial charge in [0.2, 0.25) is 0 Å². The Morgan fingerprint density at radius 2 is 2.00 bits per heavy atom. The Kier molecular flexibility index (Phi) is 4.73. The molecule has 1 N–H and O–H groups in total. The monoisotopic (exact) mass is 421 g/mol. The molecule has 5 heterocycles. The van der Waals surface area contributed by atoms with Gasteiger partial charge in [-0.1, -0.05) is 0 Å². The highest BCUT2D eigenvalue weighted by Gasteiger charge is 2.28. The molecule has 4 aromatic heterocycles. The summed E-state index contributed by atoms with van der Waals surface area (Å²) in [5, 5.41) is 6.81. The molecule has 10 heteroatoms. The fourth-order valence-electron chi connectivity index (χ4n) is 3.81. The van der Waals surface area contributed by atoms with Crippen LogP contribution >= 0.6 is 0 Å². The van der Waals surface area contributed by atoms with Crippen LogP contribution in [0.2, 0.25) is 0 Å². The molecule has 1 atom stereocenters. The second kappa shape index (κ2) is 7.71. The van der Waals surface area contributed by atoms with Crippen LogP contribution in [0.3, 0.4) is 0 Å². The van der Waals surface area contributed by atoms with E-state index in [0.717, 1.165) is 31.1 Å². The molecule has 0 aromatic carbocycles. The van der Waals surface area contributed by atoms with Crippen molar-refractivity contribution in [3.63, 3.8) is 0 Å². The molecular weight excluding hydrogens is 404 g/mol. The Balaban J connectivity index is 1.46. The van der Waals surface area contributed by atoms with E-state index in [-0.39, 0.29) is 23.2 Å². The zero-order chi connectivity index (χ0) is 21.4. The van der Waals surface area contributed by atoms with Gasteiger partial charge >= 0.3 is 0 Å². The highest BCUT2D eigenvalue weighted by Crippen LogP contribution is 2.35. The molecule has 156 valence electrons. The molecule has 1 aliphatic heterocycles. The molecule has 1 aliphatic rings. The van der Waals surface area contributed by atoms with Crippen LogP contribution in [0, 0.1) is 11.6 Å². The minimum Gasteiger partial charge on any atom is -0.349 e. The minimum absolute atomic E-state index is 0.0539. The van der Waals surface area contributed by atoms with E-state index in [1.165, 1.54) is 35.1 Å². The zero-order valence-corrected chi connectivity index (χ0v) is 16.2. The summed E-state index contributed by atoms with van der Waals surface area (Å²) in [7, 11) is 0. The van der Waals surface area contributed by atoms with Crippen LogP contribution in [-0.4, -0.2) is 37.0 Å². The average Bonchev–Trinajstić information content (AvgIpc) is 3.42. The van der Waals surface area contributed by atoms with Crippen LogP contribution in [0.25, 0.3) is 5.65 Å². The highest BCUT2D eigenvalue weighted by atomic mass is 19.1. The van der Waals surface area contributed by atoms with Crippen molar-refractivity contribution in [1.82, 2.24) is 24.6 Å². The number of anilines is 2. The predicted octanol–water partition coefficient (Wildman–Crippen LogP) is 3.39. The molecule has 0 bridgehead atoms. The van der Waals surface area contributed by atoms with Crippen molar-refractivity contribution in [2.24, 2.45) is 0 Å². The van der Waals surface area contributed by atoms with Crippen molar-refractivity contribution in [3.8, 4) is 0 Å². The van der Waals surface area contributed by atoms with Crippen LogP contribution in [-0.2, 0) is 0 Å². The number of aromatic nitrogens is 5. The van der Waals surface area contributed by atoms with Crippen molar-refractivity contribution >= 4 is 23.2 Å². The maximum Gasteiger partial charge on any atom is 0.262 e. The maximum atomic E-state index is 13.7. The second-order valence-corrected chi connectivity index (χ2v) is 7.22. The van der Waals surface area contributed by atoms with Gasteiger partial charge in [-0.2, -0.15) is 5.10 Å². The van der Waals surface area contributed by atoms with Gasteiger partial charge in [0.05, 0.1) is 24.6 Å². The van der Waals surface area contributed by atoms with Crippen LogP contribution < -0.4 is 10.2 Å². The summed E-state index contributed by atoms with van der Waals surface area (Å²) in [6.07, 6.45) is 8.79. The van der Waals surface area contributed by atoms with E-state index >= 15 is 0 Å². The van der Waals surface area contributed by atoms with Gasteiger partial charge in [0.25, 0.3) is 5.91 Å². The summed E-state index contributed by atoms with van der Waals surface area (Å²) in [4.78, 5) is 27.3. The van der Waals surface area contributed by atoms with E-state index in [9.17, 15) is 13.6 Å². The SMILES string of the molecule is O=C(Nc1ccc(F)cn1)c1cnn2ccc(N3CCC[C@@H]3c3cncc(F)c3)nc12. The van der Waals surface area contributed by atoms with E-state index in [1.807, 2.05) is 6.07 Å². The van der Waals surface area contributed by atoms with Crippen molar-refractivity contribution in [3.05, 3.63) is 78.0 Å². The van der Waals surface area contributed by atoms with Gasteiger partial charge < -0.3 is 10.2 Å². The van der Waals surface area contributed by atoms with Gasteiger partial charge in [0, 0.05) is 18.9 Å². The normalized spacial score (nSPS) is 16.1. The summed E-state index contributed by atoms with van der Waals surface area (Å²) in [5.41, 5.74) is 1.42. The summed E-state index contributed by atoms with van der Waals surface area (Å²) in [6, 6.07) is 5.83. The lowest BCUT2D eigenvalue weighted by atomic mass is 10.1. The molecule has 8 nitrogen and oxygen atoms in total. The summed E-state index contributed by atoms with van der Waals surface area (Å²) in [5.74, 6) is -0.439. The number of nitrogens with zero attached hydrogens (tertiary/aromatic N) is 6. The molecule has 1 fully saturated rings. The average molecular weight is 421 g/mol. The molecule has 0 spiro atoms. The number of carbonyl (C=O) groups excluding carboxylic acids is 1. The lowest BCUT2D eigenvalue weighted by Crippen LogP contribution is -2.24. The van der Waals surface area contributed by atoms with Gasteiger partial charge in [-0.3, -0.25) is 9.78 Å². The van der Waals surface area contributed by atoms with E-state index in [4.69, 9.17) is 0 Å². The number of amides is 1. The summed E-state index contributed by atoms with van der Waals surface area (Å²) < 4.78 is 28.2. The first-order valence-corrected chi connectivity index (χ1v) is 9.73. The van der Waals surface area contributed by atoms with E-state index < -0.39 is 11.7 Å². The van der Waals surface area contributed by atoms with Crippen molar-refractivity contribution in [1.29, 1.82) is 0 Å². The Hall–Kier alpha value is -3.95. The first kappa shape index (κ1) is 19.0. The fraction of sp³-hybridized carbons (Fsp3) is 0.190. The molecule has 31 heavy (non-hydrogen) atoms. The smallest absolute Gasteiger partial charge is 0.262 e. The molecule has 1 amide bonds. The fourth-order valence-corrected chi connectivity index (χ4v) is 3.81. The number of nitrogens with one attached hydrogen (secondary N) is 1. The highest BCUT2D eigenvalue weighted by molar-refractivity contribution is 6.07.